The number of aromatic nitrogens is 1. The Hall–Kier alpha value is -2.30. The number of hydrogen-bond donors (Lipinski definition) is 1. The maximum Gasteiger partial charge on any atom is 0.335 e. The number of aromatic carboxylic acids is 1. The molecule has 2 aromatic rings. The second-order valence-electron chi connectivity index (χ2n) is 3.92. The minimum absolute atomic E-state index is 0.183. The number of carboxylic acids is 1. The smallest absolute Gasteiger partial charge is 0.335 e. The normalized spacial score (nSPS) is 10.4. The lowest BCUT2D eigenvalue weighted by Gasteiger charge is -2.09. The molecule has 5 nitrogen and oxygen atoms in total. The third-order valence-electron chi connectivity index (χ3n) is 2.75. The lowest BCUT2D eigenvalue weighted by atomic mass is 10.0. The van der Waals surface area contributed by atoms with Crippen LogP contribution in [0.15, 0.2) is 22.7 Å². The Balaban J connectivity index is 2.62. The Morgan fingerprint density at radius 3 is 2.61 bits per heavy atom. The van der Waals surface area contributed by atoms with E-state index >= 15 is 0 Å². The SMILES string of the molecule is COc1cc(C(=O)O)ccc1-c1c(C)noc1C. The van der Waals surface area contributed by atoms with Gasteiger partial charge in [0.1, 0.15) is 11.5 Å². The number of hydrogen-bond acceptors (Lipinski definition) is 4. The van der Waals surface area contributed by atoms with Crippen LogP contribution in [0.4, 0.5) is 0 Å². The third-order valence-corrected chi connectivity index (χ3v) is 2.75. The molecule has 0 bridgehead atoms. The minimum Gasteiger partial charge on any atom is -0.496 e. The fourth-order valence-electron chi connectivity index (χ4n) is 1.90. The second-order valence-corrected chi connectivity index (χ2v) is 3.92. The van der Waals surface area contributed by atoms with Gasteiger partial charge in [-0.05, 0) is 32.0 Å². The van der Waals surface area contributed by atoms with Crippen LogP contribution in [0.3, 0.4) is 0 Å². The minimum atomic E-state index is -0.987. The molecule has 1 aromatic heterocycles. The van der Waals surface area contributed by atoms with Crippen molar-refractivity contribution in [3.05, 3.63) is 35.2 Å². The monoisotopic (exact) mass is 247 g/mol. The summed E-state index contributed by atoms with van der Waals surface area (Å²) in [4.78, 5) is 10.9. The molecule has 0 spiro atoms. The zero-order chi connectivity index (χ0) is 13.3. The van der Waals surface area contributed by atoms with E-state index < -0.39 is 5.97 Å². The van der Waals surface area contributed by atoms with Gasteiger partial charge in [-0.3, -0.25) is 0 Å². The first-order chi connectivity index (χ1) is 8.54. The van der Waals surface area contributed by atoms with Gasteiger partial charge in [0, 0.05) is 5.56 Å². The van der Waals surface area contributed by atoms with E-state index in [1.54, 1.807) is 13.0 Å². The summed E-state index contributed by atoms with van der Waals surface area (Å²) in [7, 11) is 1.50. The predicted octanol–water partition coefficient (Wildman–Crippen LogP) is 2.67. The standard InChI is InChI=1S/C13H13NO4/c1-7-12(8(2)18-14-7)10-5-4-9(13(15)16)6-11(10)17-3/h4-6H,1-3H3,(H,15,16). The Labute approximate surface area is 104 Å². The summed E-state index contributed by atoms with van der Waals surface area (Å²) in [6.07, 6.45) is 0. The average Bonchev–Trinajstić information content (AvgIpc) is 2.68. The second kappa shape index (κ2) is 4.52. The van der Waals surface area contributed by atoms with Crippen molar-refractivity contribution in [3.63, 3.8) is 0 Å². The van der Waals surface area contributed by atoms with Gasteiger partial charge in [0.25, 0.3) is 0 Å². The van der Waals surface area contributed by atoms with Crippen molar-refractivity contribution in [2.75, 3.05) is 7.11 Å². The van der Waals surface area contributed by atoms with Crippen molar-refractivity contribution in [1.82, 2.24) is 5.16 Å². The summed E-state index contributed by atoms with van der Waals surface area (Å²) in [5, 5.41) is 12.8. The van der Waals surface area contributed by atoms with Crippen LogP contribution in [0, 0.1) is 13.8 Å². The van der Waals surface area contributed by atoms with Gasteiger partial charge >= 0.3 is 5.97 Å². The van der Waals surface area contributed by atoms with E-state index in [1.165, 1.54) is 19.2 Å². The number of nitrogens with zero attached hydrogens (tertiary/aromatic N) is 1. The van der Waals surface area contributed by atoms with E-state index in [0.717, 1.165) is 16.8 Å². The highest BCUT2D eigenvalue weighted by Gasteiger charge is 2.17. The molecule has 18 heavy (non-hydrogen) atoms. The highest BCUT2D eigenvalue weighted by Crippen LogP contribution is 2.35. The van der Waals surface area contributed by atoms with Crippen molar-refractivity contribution < 1.29 is 19.2 Å². The van der Waals surface area contributed by atoms with Gasteiger partial charge in [0.2, 0.25) is 0 Å². The summed E-state index contributed by atoms with van der Waals surface area (Å²) in [6, 6.07) is 4.73. The van der Waals surface area contributed by atoms with Crippen molar-refractivity contribution in [2.24, 2.45) is 0 Å². The topological polar surface area (TPSA) is 72.6 Å². The van der Waals surface area contributed by atoms with Gasteiger partial charge in [-0.1, -0.05) is 5.16 Å². The maximum atomic E-state index is 10.9. The Kier molecular flexibility index (Phi) is 3.06. The van der Waals surface area contributed by atoms with Crippen LogP contribution >= 0.6 is 0 Å². The first kappa shape index (κ1) is 12.2. The molecule has 0 unspecified atom stereocenters. The molecular formula is C13H13NO4. The van der Waals surface area contributed by atoms with Crippen LogP contribution in [-0.2, 0) is 0 Å². The summed E-state index contributed by atoms with van der Waals surface area (Å²) in [6.45, 7) is 3.64. The number of rotatable bonds is 3. The van der Waals surface area contributed by atoms with Crippen LogP contribution in [0.2, 0.25) is 0 Å². The van der Waals surface area contributed by atoms with Crippen LogP contribution in [0.5, 0.6) is 5.75 Å². The van der Waals surface area contributed by atoms with Crippen molar-refractivity contribution >= 4 is 5.97 Å². The van der Waals surface area contributed by atoms with Crippen molar-refractivity contribution in [2.45, 2.75) is 13.8 Å². The highest BCUT2D eigenvalue weighted by atomic mass is 16.5. The molecule has 5 heteroatoms. The fourth-order valence-corrected chi connectivity index (χ4v) is 1.90. The Morgan fingerprint density at radius 2 is 2.11 bits per heavy atom. The zero-order valence-corrected chi connectivity index (χ0v) is 10.4. The van der Waals surface area contributed by atoms with E-state index in [-0.39, 0.29) is 5.56 Å². The molecule has 0 atom stereocenters. The van der Waals surface area contributed by atoms with E-state index in [1.807, 2.05) is 6.92 Å². The largest absolute Gasteiger partial charge is 0.496 e. The molecule has 94 valence electrons. The highest BCUT2D eigenvalue weighted by molar-refractivity contribution is 5.90. The molecule has 0 aliphatic heterocycles. The van der Waals surface area contributed by atoms with Gasteiger partial charge in [-0.2, -0.15) is 0 Å². The molecule has 0 aliphatic carbocycles. The number of benzene rings is 1. The number of carboxylic acid groups (broad SMARTS) is 1. The summed E-state index contributed by atoms with van der Waals surface area (Å²) in [5.74, 6) is 0.178. The number of carbonyl (C=O) groups is 1. The molecule has 0 fully saturated rings. The van der Waals surface area contributed by atoms with E-state index in [2.05, 4.69) is 5.16 Å². The summed E-state index contributed by atoms with van der Waals surface area (Å²) < 4.78 is 10.3. The summed E-state index contributed by atoms with van der Waals surface area (Å²) in [5.41, 5.74) is 2.54. The molecule has 1 aromatic carbocycles. The molecule has 1 N–H and O–H groups in total. The van der Waals surface area contributed by atoms with Crippen LogP contribution in [0.1, 0.15) is 21.8 Å². The van der Waals surface area contributed by atoms with Gasteiger partial charge in [-0.25, -0.2) is 4.79 Å². The molecule has 2 rings (SSSR count). The first-order valence-corrected chi connectivity index (χ1v) is 5.39. The molecule has 0 saturated carbocycles. The van der Waals surface area contributed by atoms with E-state index in [0.29, 0.717) is 11.5 Å². The Bertz CT molecular complexity index is 582. The summed E-state index contributed by atoms with van der Waals surface area (Å²) >= 11 is 0. The van der Waals surface area contributed by atoms with Gasteiger partial charge < -0.3 is 14.4 Å². The van der Waals surface area contributed by atoms with Crippen molar-refractivity contribution in [3.8, 4) is 16.9 Å². The van der Waals surface area contributed by atoms with E-state index in [9.17, 15) is 4.79 Å². The number of methoxy groups -OCH3 is 1. The lowest BCUT2D eigenvalue weighted by molar-refractivity contribution is 0.0696. The third kappa shape index (κ3) is 1.95. The van der Waals surface area contributed by atoms with Crippen molar-refractivity contribution in [1.29, 1.82) is 0 Å². The van der Waals surface area contributed by atoms with Gasteiger partial charge in [-0.15, -0.1) is 0 Å². The number of aryl methyl sites for hydroxylation is 2. The van der Waals surface area contributed by atoms with Crippen LogP contribution in [-0.4, -0.2) is 23.3 Å². The quantitative estimate of drug-likeness (QED) is 0.902. The molecule has 0 saturated heterocycles. The van der Waals surface area contributed by atoms with Gasteiger partial charge in [0.05, 0.1) is 23.9 Å². The molecule has 0 aliphatic rings. The predicted molar refractivity (Wildman–Crippen MR) is 64.9 cm³/mol. The average molecular weight is 247 g/mol. The van der Waals surface area contributed by atoms with Gasteiger partial charge in [0.15, 0.2) is 0 Å². The molecular weight excluding hydrogens is 234 g/mol. The Morgan fingerprint density at radius 1 is 1.39 bits per heavy atom. The molecule has 1 heterocycles. The fraction of sp³-hybridized carbons (Fsp3) is 0.231. The molecule has 0 amide bonds. The maximum absolute atomic E-state index is 10.9. The molecule has 0 radical (unpaired) electrons. The van der Waals surface area contributed by atoms with Crippen LogP contribution in [0.25, 0.3) is 11.1 Å². The van der Waals surface area contributed by atoms with E-state index in [4.69, 9.17) is 14.4 Å². The zero-order valence-electron chi connectivity index (χ0n) is 10.4. The first-order valence-electron chi connectivity index (χ1n) is 5.39. The van der Waals surface area contributed by atoms with Crippen LogP contribution < -0.4 is 4.74 Å². The lowest BCUT2D eigenvalue weighted by Crippen LogP contribution is -1.98. The number of ether oxygens (including phenoxy) is 1.